The Hall–Kier alpha value is -1.55. The van der Waals surface area contributed by atoms with Crippen LogP contribution in [0.2, 0.25) is 0 Å². The van der Waals surface area contributed by atoms with E-state index in [9.17, 15) is 4.79 Å². The Labute approximate surface area is 157 Å². The van der Waals surface area contributed by atoms with Crippen LogP contribution in [-0.2, 0) is 0 Å². The normalized spacial score (nSPS) is 30.0. The molecule has 0 spiro atoms. The van der Waals surface area contributed by atoms with Gasteiger partial charge in [0, 0.05) is 29.7 Å². The zero-order valence-corrected chi connectivity index (χ0v) is 16.0. The summed E-state index contributed by atoms with van der Waals surface area (Å²) in [5, 5.41) is 3.32. The molecule has 0 unspecified atom stereocenters. The van der Waals surface area contributed by atoms with Crippen molar-refractivity contribution in [3.05, 3.63) is 29.8 Å². The molecule has 2 aliphatic heterocycles. The van der Waals surface area contributed by atoms with E-state index >= 15 is 0 Å². The molecular formula is C22H32N2O2. The zero-order chi connectivity index (χ0) is 17.9. The molecule has 3 aliphatic rings. The molecular weight excluding hydrogens is 324 g/mol. The van der Waals surface area contributed by atoms with Crippen LogP contribution in [0.1, 0.15) is 74.6 Å². The molecule has 4 rings (SSSR count). The van der Waals surface area contributed by atoms with Crippen LogP contribution in [0.25, 0.3) is 0 Å². The highest BCUT2D eigenvalue weighted by Crippen LogP contribution is 2.39. The third kappa shape index (κ3) is 3.75. The molecule has 0 radical (unpaired) electrons. The topological polar surface area (TPSA) is 41.6 Å². The second-order valence-corrected chi connectivity index (χ2v) is 8.35. The number of nitrogens with zero attached hydrogens (tertiary/aromatic N) is 1. The average Bonchev–Trinajstić information content (AvgIpc) is 2.68. The molecule has 2 atom stereocenters. The summed E-state index contributed by atoms with van der Waals surface area (Å²) >= 11 is 0. The standard InChI is InChI=1S/C22H32N2O2/c1-26-21-12-5-7-16(13-21)22(25)23-17-14-19-10-6-11-20(15-17)24(19)18-8-3-2-4-9-18/h5,7,12-13,17-20H,2-4,6,8-11,14-15H2,1H3,(H,23,25)/t19-,20-/m0/s1. The molecule has 2 heterocycles. The number of hydrogen-bond acceptors (Lipinski definition) is 3. The summed E-state index contributed by atoms with van der Waals surface area (Å²) in [4.78, 5) is 15.6. The summed E-state index contributed by atoms with van der Waals surface area (Å²) < 4.78 is 5.25. The summed E-state index contributed by atoms with van der Waals surface area (Å²) in [6.07, 6.45) is 13.2. The smallest absolute Gasteiger partial charge is 0.251 e. The largest absolute Gasteiger partial charge is 0.497 e. The van der Waals surface area contributed by atoms with Crippen LogP contribution in [0, 0.1) is 0 Å². The summed E-state index contributed by atoms with van der Waals surface area (Å²) in [5.41, 5.74) is 0.698. The number of nitrogens with one attached hydrogen (secondary N) is 1. The van der Waals surface area contributed by atoms with Crippen molar-refractivity contribution < 1.29 is 9.53 Å². The molecule has 4 nitrogen and oxygen atoms in total. The lowest BCUT2D eigenvalue weighted by molar-refractivity contribution is -0.0211. The number of hydrogen-bond donors (Lipinski definition) is 1. The number of carbonyl (C=O) groups excluding carboxylic acids is 1. The van der Waals surface area contributed by atoms with Crippen molar-refractivity contribution in [2.75, 3.05) is 7.11 Å². The predicted molar refractivity (Wildman–Crippen MR) is 104 cm³/mol. The number of piperidine rings is 2. The Morgan fingerprint density at radius 2 is 1.69 bits per heavy atom. The molecule has 1 aromatic carbocycles. The second kappa shape index (κ2) is 7.99. The van der Waals surface area contributed by atoms with E-state index in [0.717, 1.165) is 24.6 Å². The fraction of sp³-hybridized carbons (Fsp3) is 0.682. The van der Waals surface area contributed by atoms with E-state index in [-0.39, 0.29) is 5.91 Å². The molecule has 26 heavy (non-hydrogen) atoms. The molecule has 1 saturated carbocycles. The molecule has 1 aliphatic carbocycles. The lowest BCUT2D eigenvalue weighted by atomic mass is 9.78. The van der Waals surface area contributed by atoms with E-state index in [2.05, 4.69) is 10.2 Å². The van der Waals surface area contributed by atoms with Crippen LogP contribution >= 0.6 is 0 Å². The Kier molecular flexibility index (Phi) is 5.49. The van der Waals surface area contributed by atoms with Gasteiger partial charge in [-0.05, 0) is 56.7 Å². The minimum absolute atomic E-state index is 0.0399. The first-order chi connectivity index (χ1) is 12.7. The maximum atomic E-state index is 12.7. The van der Waals surface area contributed by atoms with Gasteiger partial charge in [0.15, 0.2) is 0 Å². The van der Waals surface area contributed by atoms with Gasteiger partial charge in [-0.3, -0.25) is 9.69 Å². The third-order valence-electron chi connectivity index (χ3n) is 6.69. The molecule has 1 N–H and O–H groups in total. The second-order valence-electron chi connectivity index (χ2n) is 8.35. The molecule has 4 heteroatoms. The molecule has 0 aromatic heterocycles. The minimum Gasteiger partial charge on any atom is -0.497 e. The fourth-order valence-electron chi connectivity index (χ4n) is 5.54. The van der Waals surface area contributed by atoms with Gasteiger partial charge in [-0.25, -0.2) is 0 Å². The fourth-order valence-corrected chi connectivity index (χ4v) is 5.54. The van der Waals surface area contributed by atoms with Crippen molar-refractivity contribution >= 4 is 5.91 Å². The Morgan fingerprint density at radius 3 is 2.38 bits per heavy atom. The van der Waals surface area contributed by atoms with Gasteiger partial charge in [0.25, 0.3) is 5.91 Å². The third-order valence-corrected chi connectivity index (χ3v) is 6.69. The van der Waals surface area contributed by atoms with Crippen LogP contribution in [-0.4, -0.2) is 42.1 Å². The summed E-state index contributed by atoms with van der Waals surface area (Å²) in [5.74, 6) is 0.778. The van der Waals surface area contributed by atoms with Crippen molar-refractivity contribution in [3.8, 4) is 5.75 Å². The van der Waals surface area contributed by atoms with E-state index in [0.29, 0.717) is 23.7 Å². The first kappa shape index (κ1) is 17.8. The van der Waals surface area contributed by atoms with Gasteiger partial charge in [0.05, 0.1) is 7.11 Å². The van der Waals surface area contributed by atoms with Crippen molar-refractivity contribution in [2.24, 2.45) is 0 Å². The zero-order valence-electron chi connectivity index (χ0n) is 16.0. The molecule has 3 fully saturated rings. The predicted octanol–water partition coefficient (Wildman–Crippen LogP) is 4.14. The van der Waals surface area contributed by atoms with Crippen molar-refractivity contribution in [3.63, 3.8) is 0 Å². The summed E-state index contributed by atoms with van der Waals surface area (Å²) in [6.45, 7) is 0. The number of fused-ring (bicyclic) bond motifs is 2. The number of carbonyl (C=O) groups is 1. The highest BCUT2D eigenvalue weighted by atomic mass is 16.5. The van der Waals surface area contributed by atoms with Crippen molar-refractivity contribution in [1.82, 2.24) is 10.2 Å². The van der Waals surface area contributed by atoms with Crippen LogP contribution < -0.4 is 10.1 Å². The van der Waals surface area contributed by atoms with Crippen LogP contribution in [0.15, 0.2) is 24.3 Å². The van der Waals surface area contributed by atoms with Gasteiger partial charge < -0.3 is 10.1 Å². The Bertz CT molecular complexity index is 612. The molecule has 2 saturated heterocycles. The van der Waals surface area contributed by atoms with E-state index in [4.69, 9.17) is 4.74 Å². The minimum atomic E-state index is 0.0399. The van der Waals surface area contributed by atoms with Crippen molar-refractivity contribution in [2.45, 2.75) is 88.4 Å². The average molecular weight is 357 g/mol. The highest BCUT2D eigenvalue weighted by molar-refractivity contribution is 5.94. The Balaban J connectivity index is 1.41. The quantitative estimate of drug-likeness (QED) is 0.881. The van der Waals surface area contributed by atoms with Gasteiger partial charge in [-0.15, -0.1) is 0 Å². The summed E-state index contributed by atoms with van der Waals surface area (Å²) in [7, 11) is 1.64. The maximum Gasteiger partial charge on any atom is 0.251 e. The lowest BCUT2D eigenvalue weighted by Gasteiger charge is -2.53. The maximum absolute atomic E-state index is 12.7. The van der Waals surface area contributed by atoms with Gasteiger partial charge in [-0.1, -0.05) is 31.7 Å². The number of ether oxygens (including phenoxy) is 1. The number of amides is 1. The molecule has 1 amide bonds. The van der Waals surface area contributed by atoms with Crippen molar-refractivity contribution in [1.29, 1.82) is 0 Å². The van der Waals surface area contributed by atoms with Gasteiger partial charge in [0.2, 0.25) is 0 Å². The van der Waals surface area contributed by atoms with Gasteiger partial charge in [0.1, 0.15) is 5.75 Å². The number of methoxy groups -OCH3 is 1. The number of benzene rings is 1. The number of rotatable bonds is 4. The van der Waals surface area contributed by atoms with Crippen LogP contribution in [0.5, 0.6) is 5.75 Å². The van der Waals surface area contributed by atoms with E-state index in [1.54, 1.807) is 7.11 Å². The first-order valence-electron chi connectivity index (χ1n) is 10.5. The van der Waals surface area contributed by atoms with E-state index < -0.39 is 0 Å². The molecule has 1 aromatic rings. The summed E-state index contributed by atoms with van der Waals surface area (Å²) in [6, 6.07) is 9.90. The Morgan fingerprint density at radius 1 is 1.00 bits per heavy atom. The van der Waals surface area contributed by atoms with Gasteiger partial charge >= 0.3 is 0 Å². The van der Waals surface area contributed by atoms with E-state index in [1.807, 2.05) is 24.3 Å². The molecule has 2 bridgehead atoms. The molecule has 142 valence electrons. The van der Waals surface area contributed by atoms with Crippen LogP contribution in [0.4, 0.5) is 0 Å². The van der Waals surface area contributed by atoms with Gasteiger partial charge in [-0.2, -0.15) is 0 Å². The van der Waals surface area contributed by atoms with Crippen LogP contribution in [0.3, 0.4) is 0 Å². The highest BCUT2D eigenvalue weighted by Gasteiger charge is 2.42. The SMILES string of the molecule is COc1cccc(C(=O)NC2C[C@@H]3CCC[C@@H](C2)N3C2CCCCC2)c1. The first-order valence-corrected chi connectivity index (χ1v) is 10.5. The van der Waals surface area contributed by atoms with E-state index in [1.165, 1.54) is 51.4 Å². The lowest BCUT2D eigenvalue weighted by Crippen LogP contribution is -2.60. The monoisotopic (exact) mass is 356 g/mol.